The quantitative estimate of drug-likeness (QED) is 0.308. The zero-order valence-electron chi connectivity index (χ0n) is 16.4. The number of amides is 1. The third kappa shape index (κ3) is 3.70. The fourth-order valence-electron chi connectivity index (χ4n) is 3.08. The van der Waals surface area contributed by atoms with Crippen molar-refractivity contribution in [3.05, 3.63) is 77.1 Å². The molecule has 0 aliphatic carbocycles. The number of nitrogens with zero attached hydrogens (tertiary/aromatic N) is 2. The summed E-state index contributed by atoms with van der Waals surface area (Å²) in [7, 11) is 0. The Kier molecular flexibility index (Phi) is 4.89. The first kappa shape index (κ1) is 19.1. The van der Waals surface area contributed by atoms with Gasteiger partial charge >= 0.3 is 0 Å². The van der Waals surface area contributed by atoms with Crippen molar-refractivity contribution in [1.82, 2.24) is 15.4 Å². The number of hydrogen-bond acceptors (Lipinski definition) is 6. The van der Waals surface area contributed by atoms with Crippen LogP contribution in [0.3, 0.4) is 0 Å². The molecule has 0 saturated carbocycles. The maximum absolute atomic E-state index is 12.5. The van der Waals surface area contributed by atoms with Gasteiger partial charge in [-0.25, -0.2) is 10.4 Å². The zero-order chi connectivity index (χ0) is 21.3. The number of carbonyl (C=O) groups is 1. The summed E-state index contributed by atoms with van der Waals surface area (Å²) in [5.41, 5.74) is 5.42. The van der Waals surface area contributed by atoms with E-state index in [0.29, 0.717) is 28.2 Å². The minimum Gasteiger partial charge on any atom is -0.508 e. The predicted molar refractivity (Wildman–Crippen MR) is 112 cm³/mol. The van der Waals surface area contributed by atoms with E-state index in [-0.39, 0.29) is 16.9 Å². The second kappa shape index (κ2) is 7.67. The van der Waals surface area contributed by atoms with Crippen LogP contribution in [0.25, 0.3) is 22.4 Å². The topological polar surface area (TPSA) is 127 Å². The fourth-order valence-corrected chi connectivity index (χ4v) is 3.08. The summed E-state index contributed by atoms with van der Waals surface area (Å²) >= 11 is 0. The molecule has 1 amide bonds. The summed E-state index contributed by atoms with van der Waals surface area (Å²) in [4.78, 5) is 20.4. The van der Waals surface area contributed by atoms with E-state index in [2.05, 4.69) is 20.5 Å². The Hall–Kier alpha value is -4.20. The molecular formula is C22H19N5O3. The number of benzene rings is 2. The highest BCUT2D eigenvalue weighted by molar-refractivity contribution is 6.01. The van der Waals surface area contributed by atoms with Gasteiger partial charge in [-0.05, 0) is 32.0 Å². The van der Waals surface area contributed by atoms with Crippen LogP contribution in [0.1, 0.15) is 28.7 Å². The molecule has 4 aromatic rings. The second-order valence-corrected chi connectivity index (χ2v) is 6.77. The SMILES string of the molecule is C/C(=N/NC(=O)c1cc2ccc(O)cc2oc1=N)c1nc(-c2ccccc2)[nH]c1C. The van der Waals surface area contributed by atoms with Gasteiger partial charge < -0.3 is 14.5 Å². The molecule has 0 fully saturated rings. The molecule has 0 bridgehead atoms. The highest BCUT2D eigenvalue weighted by Gasteiger charge is 2.14. The lowest BCUT2D eigenvalue weighted by Crippen LogP contribution is -2.25. The molecule has 2 heterocycles. The number of phenolic OH excluding ortho intramolecular Hbond substituents is 1. The van der Waals surface area contributed by atoms with Crippen molar-refractivity contribution in [3.8, 4) is 17.1 Å². The number of aromatic amines is 1. The number of aromatic hydroxyl groups is 1. The van der Waals surface area contributed by atoms with Crippen molar-refractivity contribution in [2.24, 2.45) is 5.10 Å². The number of aromatic nitrogens is 2. The van der Waals surface area contributed by atoms with Gasteiger partial charge in [0, 0.05) is 22.7 Å². The molecule has 0 unspecified atom stereocenters. The van der Waals surface area contributed by atoms with Crippen molar-refractivity contribution in [2.75, 3.05) is 0 Å². The highest BCUT2D eigenvalue weighted by Crippen LogP contribution is 2.20. The third-order valence-electron chi connectivity index (χ3n) is 4.60. The van der Waals surface area contributed by atoms with Crippen LogP contribution in [-0.4, -0.2) is 26.7 Å². The monoisotopic (exact) mass is 401 g/mol. The summed E-state index contributed by atoms with van der Waals surface area (Å²) < 4.78 is 5.34. The van der Waals surface area contributed by atoms with E-state index >= 15 is 0 Å². The molecular weight excluding hydrogens is 382 g/mol. The lowest BCUT2D eigenvalue weighted by molar-refractivity contribution is 0.0950. The number of rotatable bonds is 4. The maximum atomic E-state index is 12.5. The molecule has 30 heavy (non-hydrogen) atoms. The molecule has 150 valence electrons. The summed E-state index contributed by atoms with van der Waals surface area (Å²) in [5, 5.41) is 22.2. The average Bonchev–Trinajstić information content (AvgIpc) is 3.13. The van der Waals surface area contributed by atoms with Crippen molar-refractivity contribution in [2.45, 2.75) is 13.8 Å². The van der Waals surface area contributed by atoms with Gasteiger partial charge in [0.25, 0.3) is 5.91 Å². The second-order valence-electron chi connectivity index (χ2n) is 6.77. The Balaban J connectivity index is 1.58. The Morgan fingerprint density at radius 3 is 2.73 bits per heavy atom. The Morgan fingerprint density at radius 2 is 1.97 bits per heavy atom. The van der Waals surface area contributed by atoms with Crippen LogP contribution in [-0.2, 0) is 0 Å². The molecule has 0 aliphatic heterocycles. The average molecular weight is 401 g/mol. The molecule has 2 aromatic carbocycles. The number of H-pyrrole nitrogens is 1. The Bertz CT molecular complexity index is 1340. The number of hydrogen-bond donors (Lipinski definition) is 4. The van der Waals surface area contributed by atoms with Crippen LogP contribution < -0.4 is 11.0 Å². The Labute approximate surface area is 171 Å². The minimum absolute atomic E-state index is 0.0207. The Morgan fingerprint density at radius 1 is 1.20 bits per heavy atom. The number of imidazole rings is 1. The van der Waals surface area contributed by atoms with Crippen molar-refractivity contribution in [1.29, 1.82) is 5.41 Å². The largest absolute Gasteiger partial charge is 0.508 e. The molecule has 0 aliphatic rings. The minimum atomic E-state index is -0.574. The fraction of sp³-hybridized carbons (Fsp3) is 0.0909. The van der Waals surface area contributed by atoms with Gasteiger partial charge in [-0.3, -0.25) is 10.2 Å². The normalized spacial score (nSPS) is 11.6. The van der Waals surface area contributed by atoms with E-state index in [0.717, 1.165) is 11.3 Å². The standard InChI is InChI=1S/C22H19N5O3/c1-12-19(25-21(24-12)14-6-4-3-5-7-14)13(2)26-27-22(29)17-10-15-8-9-16(28)11-18(15)30-20(17)23/h3-11,23,28H,1-2H3,(H,24,25)(H,27,29)/b23-20?,26-13-. The number of nitrogens with one attached hydrogen (secondary N) is 3. The molecule has 0 radical (unpaired) electrons. The van der Waals surface area contributed by atoms with Crippen molar-refractivity contribution < 1.29 is 14.3 Å². The van der Waals surface area contributed by atoms with Gasteiger partial charge in [0.05, 0.1) is 5.71 Å². The van der Waals surface area contributed by atoms with Gasteiger partial charge in [0.2, 0.25) is 5.55 Å². The van der Waals surface area contributed by atoms with E-state index in [1.165, 1.54) is 18.2 Å². The number of carbonyl (C=O) groups excluding carboxylic acids is 1. The van der Waals surface area contributed by atoms with E-state index in [4.69, 9.17) is 9.83 Å². The van der Waals surface area contributed by atoms with E-state index in [9.17, 15) is 9.90 Å². The maximum Gasteiger partial charge on any atom is 0.276 e. The molecule has 0 saturated heterocycles. The van der Waals surface area contributed by atoms with Gasteiger partial charge in [-0.1, -0.05) is 30.3 Å². The molecule has 8 heteroatoms. The van der Waals surface area contributed by atoms with Crippen LogP contribution in [0, 0.1) is 12.3 Å². The lowest BCUT2D eigenvalue weighted by Gasteiger charge is -2.04. The number of fused-ring (bicyclic) bond motifs is 1. The van der Waals surface area contributed by atoms with Crippen LogP contribution in [0.2, 0.25) is 0 Å². The molecule has 4 rings (SSSR count). The molecule has 2 aromatic heterocycles. The van der Waals surface area contributed by atoms with Gasteiger partial charge in [-0.2, -0.15) is 5.10 Å². The smallest absolute Gasteiger partial charge is 0.276 e. The molecule has 0 spiro atoms. The highest BCUT2D eigenvalue weighted by atomic mass is 16.3. The first-order chi connectivity index (χ1) is 14.4. The van der Waals surface area contributed by atoms with E-state index < -0.39 is 5.91 Å². The summed E-state index contributed by atoms with van der Waals surface area (Å²) in [5.74, 6) is 0.163. The van der Waals surface area contributed by atoms with Gasteiger partial charge in [0.1, 0.15) is 28.4 Å². The number of phenols is 1. The van der Waals surface area contributed by atoms with Crippen molar-refractivity contribution >= 4 is 22.6 Å². The molecule has 4 N–H and O–H groups in total. The van der Waals surface area contributed by atoms with Crippen LogP contribution in [0.4, 0.5) is 0 Å². The van der Waals surface area contributed by atoms with Gasteiger partial charge in [0.15, 0.2) is 0 Å². The lowest BCUT2D eigenvalue weighted by atomic mass is 10.1. The van der Waals surface area contributed by atoms with Gasteiger partial charge in [-0.15, -0.1) is 0 Å². The van der Waals surface area contributed by atoms with Crippen LogP contribution >= 0.6 is 0 Å². The third-order valence-corrected chi connectivity index (χ3v) is 4.60. The van der Waals surface area contributed by atoms with Crippen LogP contribution in [0.15, 0.2) is 64.1 Å². The van der Waals surface area contributed by atoms with E-state index in [1.54, 1.807) is 13.0 Å². The summed E-state index contributed by atoms with van der Waals surface area (Å²) in [6, 6.07) is 15.7. The van der Waals surface area contributed by atoms with Crippen LogP contribution in [0.5, 0.6) is 5.75 Å². The summed E-state index contributed by atoms with van der Waals surface area (Å²) in [6.07, 6.45) is 0. The first-order valence-electron chi connectivity index (χ1n) is 9.21. The number of aryl methyl sites for hydroxylation is 1. The zero-order valence-corrected chi connectivity index (χ0v) is 16.4. The number of hydrazone groups is 1. The van der Waals surface area contributed by atoms with Crippen molar-refractivity contribution in [3.63, 3.8) is 0 Å². The van der Waals surface area contributed by atoms with E-state index in [1.807, 2.05) is 37.3 Å². The molecule has 0 atom stereocenters. The predicted octanol–water partition coefficient (Wildman–Crippen LogP) is 3.47. The summed E-state index contributed by atoms with van der Waals surface area (Å²) in [6.45, 7) is 3.63. The molecule has 8 nitrogen and oxygen atoms in total. The first-order valence-corrected chi connectivity index (χ1v) is 9.21.